The number of aromatic nitrogens is 2. The molecule has 0 saturated heterocycles. The number of halogens is 1. The van der Waals surface area contributed by atoms with Gasteiger partial charge in [-0.3, -0.25) is 0 Å². The highest BCUT2D eigenvalue weighted by Gasteiger charge is 1.98. The average molecular weight is 223 g/mol. The maximum Gasteiger partial charge on any atom is 0.0787 e. The molecule has 0 radical (unpaired) electrons. The topological polar surface area (TPSA) is 17.8 Å². The van der Waals surface area contributed by atoms with Crippen LogP contribution in [0.1, 0.15) is 0 Å². The summed E-state index contributed by atoms with van der Waals surface area (Å²) in [6.45, 7) is 0. The van der Waals surface area contributed by atoms with Crippen LogP contribution in [0, 0.1) is 0 Å². The van der Waals surface area contributed by atoms with Crippen molar-refractivity contribution in [3.63, 3.8) is 0 Å². The summed E-state index contributed by atoms with van der Waals surface area (Å²) in [5, 5.41) is 4.13. The third kappa shape index (κ3) is 1.28. The predicted molar refractivity (Wildman–Crippen MR) is 51.3 cm³/mol. The van der Waals surface area contributed by atoms with Gasteiger partial charge in [-0.1, -0.05) is 12.1 Å². The maximum atomic E-state index is 4.13. The molecule has 0 aliphatic heterocycles. The number of hydrogen-bond donors (Lipinski definition) is 0. The van der Waals surface area contributed by atoms with E-state index in [2.05, 4.69) is 21.0 Å². The Morgan fingerprint density at radius 3 is 2.67 bits per heavy atom. The molecule has 1 aromatic heterocycles. The van der Waals surface area contributed by atoms with E-state index < -0.39 is 0 Å². The van der Waals surface area contributed by atoms with E-state index in [1.165, 1.54) is 0 Å². The lowest BCUT2D eigenvalue weighted by molar-refractivity contribution is 0.876. The van der Waals surface area contributed by atoms with Crippen LogP contribution in [0.5, 0.6) is 0 Å². The molecule has 0 aliphatic carbocycles. The minimum absolute atomic E-state index is 1.05. The summed E-state index contributed by atoms with van der Waals surface area (Å²) < 4.78 is 2.87. The first-order valence-electron chi connectivity index (χ1n) is 3.62. The van der Waals surface area contributed by atoms with E-state index in [0.717, 1.165) is 10.2 Å². The molecule has 0 amide bonds. The summed E-state index contributed by atoms with van der Waals surface area (Å²) in [7, 11) is 0. The SMILES string of the molecule is Brc1ccccc1-n1cccn1. The highest BCUT2D eigenvalue weighted by molar-refractivity contribution is 9.10. The van der Waals surface area contributed by atoms with Crippen LogP contribution in [0.15, 0.2) is 47.2 Å². The van der Waals surface area contributed by atoms with Crippen molar-refractivity contribution in [2.75, 3.05) is 0 Å². The van der Waals surface area contributed by atoms with Gasteiger partial charge >= 0.3 is 0 Å². The Balaban J connectivity index is 2.55. The van der Waals surface area contributed by atoms with Gasteiger partial charge < -0.3 is 0 Å². The van der Waals surface area contributed by atoms with E-state index >= 15 is 0 Å². The molecule has 0 saturated carbocycles. The smallest absolute Gasteiger partial charge is 0.0787 e. The molecule has 2 aromatic rings. The van der Waals surface area contributed by atoms with Gasteiger partial charge in [0.25, 0.3) is 0 Å². The lowest BCUT2D eigenvalue weighted by Gasteiger charge is -2.02. The lowest BCUT2D eigenvalue weighted by Crippen LogP contribution is -1.94. The average Bonchev–Trinajstić information content (AvgIpc) is 2.57. The van der Waals surface area contributed by atoms with Crippen molar-refractivity contribution < 1.29 is 0 Å². The largest absolute Gasteiger partial charge is 0.240 e. The van der Waals surface area contributed by atoms with E-state index in [-0.39, 0.29) is 0 Å². The Labute approximate surface area is 79.0 Å². The summed E-state index contributed by atoms with van der Waals surface area (Å²) >= 11 is 3.46. The first kappa shape index (κ1) is 7.55. The molecule has 0 unspecified atom stereocenters. The van der Waals surface area contributed by atoms with Gasteiger partial charge in [0.1, 0.15) is 0 Å². The van der Waals surface area contributed by atoms with E-state index in [1.807, 2.05) is 41.2 Å². The van der Waals surface area contributed by atoms with Crippen molar-refractivity contribution in [1.29, 1.82) is 0 Å². The number of nitrogens with zero attached hydrogens (tertiary/aromatic N) is 2. The Morgan fingerprint density at radius 2 is 2.00 bits per heavy atom. The zero-order chi connectivity index (χ0) is 8.39. The summed E-state index contributed by atoms with van der Waals surface area (Å²) in [6.07, 6.45) is 3.68. The van der Waals surface area contributed by atoms with Crippen molar-refractivity contribution >= 4 is 15.9 Å². The normalized spacial score (nSPS) is 10.1. The van der Waals surface area contributed by atoms with E-state index in [0.29, 0.717) is 0 Å². The maximum absolute atomic E-state index is 4.13. The van der Waals surface area contributed by atoms with Crippen LogP contribution in [0.2, 0.25) is 0 Å². The molecule has 0 aliphatic rings. The van der Waals surface area contributed by atoms with Crippen molar-refractivity contribution in [2.45, 2.75) is 0 Å². The number of para-hydroxylation sites is 1. The first-order valence-corrected chi connectivity index (χ1v) is 4.42. The van der Waals surface area contributed by atoms with Crippen LogP contribution in [-0.4, -0.2) is 9.78 Å². The van der Waals surface area contributed by atoms with Gasteiger partial charge in [0.05, 0.1) is 5.69 Å². The van der Waals surface area contributed by atoms with Gasteiger partial charge in [-0.25, -0.2) is 4.68 Å². The molecule has 60 valence electrons. The minimum atomic E-state index is 1.05. The molecule has 12 heavy (non-hydrogen) atoms. The second kappa shape index (κ2) is 3.11. The van der Waals surface area contributed by atoms with Crippen LogP contribution in [0.25, 0.3) is 5.69 Å². The second-order valence-corrected chi connectivity index (χ2v) is 3.26. The Bertz CT molecular complexity index is 368. The summed E-state index contributed by atoms with van der Waals surface area (Å²) in [5.41, 5.74) is 1.06. The van der Waals surface area contributed by atoms with Gasteiger partial charge in [0, 0.05) is 16.9 Å². The minimum Gasteiger partial charge on any atom is -0.240 e. The molecule has 0 atom stereocenters. The fourth-order valence-electron chi connectivity index (χ4n) is 1.05. The third-order valence-corrected chi connectivity index (χ3v) is 2.27. The zero-order valence-electron chi connectivity index (χ0n) is 6.31. The van der Waals surface area contributed by atoms with E-state index in [4.69, 9.17) is 0 Å². The van der Waals surface area contributed by atoms with Gasteiger partial charge in [-0.2, -0.15) is 5.10 Å². The second-order valence-electron chi connectivity index (χ2n) is 2.40. The molecular formula is C9H7BrN2. The van der Waals surface area contributed by atoms with Crippen LogP contribution < -0.4 is 0 Å². The van der Waals surface area contributed by atoms with Crippen molar-refractivity contribution in [3.05, 3.63) is 47.2 Å². The van der Waals surface area contributed by atoms with Crippen LogP contribution in [0.3, 0.4) is 0 Å². The summed E-state index contributed by atoms with van der Waals surface area (Å²) in [6, 6.07) is 9.88. The molecule has 0 bridgehead atoms. The number of benzene rings is 1. The fourth-order valence-corrected chi connectivity index (χ4v) is 1.52. The Kier molecular flexibility index (Phi) is 1.96. The molecule has 2 nitrogen and oxygen atoms in total. The fraction of sp³-hybridized carbons (Fsp3) is 0. The predicted octanol–water partition coefficient (Wildman–Crippen LogP) is 2.63. The van der Waals surface area contributed by atoms with Crippen molar-refractivity contribution in [2.24, 2.45) is 0 Å². The van der Waals surface area contributed by atoms with Gasteiger partial charge in [-0.05, 0) is 34.1 Å². The highest BCUT2D eigenvalue weighted by atomic mass is 79.9. The zero-order valence-corrected chi connectivity index (χ0v) is 7.90. The molecule has 1 aromatic carbocycles. The van der Waals surface area contributed by atoms with Crippen LogP contribution >= 0.6 is 15.9 Å². The Hall–Kier alpha value is -1.09. The standard InChI is InChI=1S/C9H7BrN2/c10-8-4-1-2-5-9(8)12-7-3-6-11-12/h1-7H. The molecule has 2 rings (SSSR count). The number of rotatable bonds is 1. The Morgan fingerprint density at radius 1 is 1.17 bits per heavy atom. The summed E-state index contributed by atoms with van der Waals surface area (Å²) in [4.78, 5) is 0. The van der Waals surface area contributed by atoms with Gasteiger partial charge in [-0.15, -0.1) is 0 Å². The molecule has 0 fully saturated rings. The van der Waals surface area contributed by atoms with E-state index in [9.17, 15) is 0 Å². The molecule has 0 N–H and O–H groups in total. The van der Waals surface area contributed by atoms with E-state index in [1.54, 1.807) is 6.20 Å². The van der Waals surface area contributed by atoms with Crippen LogP contribution in [0.4, 0.5) is 0 Å². The summed E-state index contributed by atoms with van der Waals surface area (Å²) in [5.74, 6) is 0. The van der Waals surface area contributed by atoms with Crippen LogP contribution in [-0.2, 0) is 0 Å². The van der Waals surface area contributed by atoms with Gasteiger partial charge in [0.2, 0.25) is 0 Å². The first-order chi connectivity index (χ1) is 5.88. The molecule has 0 spiro atoms. The van der Waals surface area contributed by atoms with Gasteiger partial charge in [0.15, 0.2) is 0 Å². The van der Waals surface area contributed by atoms with Crippen molar-refractivity contribution in [1.82, 2.24) is 9.78 Å². The lowest BCUT2D eigenvalue weighted by atomic mass is 10.3. The number of hydrogen-bond acceptors (Lipinski definition) is 1. The van der Waals surface area contributed by atoms with Crippen molar-refractivity contribution in [3.8, 4) is 5.69 Å². The third-order valence-electron chi connectivity index (χ3n) is 1.60. The molecule has 3 heteroatoms. The quantitative estimate of drug-likeness (QED) is 0.726. The monoisotopic (exact) mass is 222 g/mol. The molecular weight excluding hydrogens is 216 g/mol. The molecule has 1 heterocycles. The highest BCUT2D eigenvalue weighted by Crippen LogP contribution is 2.18.